The number of hydrogen-bond acceptors (Lipinski definition) is 2. The summed E-state index contributed by atoms with van der Waals surface area (Å²) in [5.74, 6) is 0.692. The van der Waals surface area contributed by atoms with E-state index < -0.39 is 11.7 Å². The fourth-order valence-electron chi connectivity index (χ4n) is 2.58. The van der Waals surface area contributed by atoms with E-state index in [9.17, 15) is 10.2 Å². The molecule has 0 heterocycles. The van der Waals surface area contributed by atoms with Crippen molar-refractivity contribution < 1.29 is 10.2 Å². The van der Waals surface area contributed by atoms with Crippen LogP contribution in [0.1, 0.15) is 38.5 Å². The third kappa shape index (κ3) is 2.23. The Morgan fingerprint density at radius 1 is 1.08 bits per heavy atom. The van der Waals surface area contributed by atoms with Gasteiger partial charge in [-0.05, 0) is 31.6 Å². The second kappa shape index (κ2) is 4.43. The smallest absolute Gasteiger partial charge is 0.0908 e. The first-order valence-corrected chi connectivity index (χ1v) is 4.61. The fourth-order valence-corrected chi connectivity index (χ4v) is 2.58. The van der Waals surface area contributed by atoms with Gasteiger partial charge in [-0.15, -0.1) is 0 Å². The van der Waals surface area contributed by atoms with Gasteiger partial charge >= 0.3 is 0 Å². The van der Waals surface area contributed by atoms with E-state index in [0.717, 1.165) is 32.1 Å². The summed E-state index contributed by atoms with van der Waals surface area (Å²) < 4.78 is 0. The molecule has 0 amide bonds. The summed E-state index contributed by atoms with van der Waals surface area (Å²) in [4.78, 5) is 0. The lowest BCUT2D eigenvalue weighted by Gasteiger charge is -2.27. The zero-order valence-corrected chi connectivity index (χ0v) is 8.21. The normalized spacial score (nSPS) is 42.9. The Hall–Kier alpha value is -0.0800. The standard InChI is InChI=1S/C9H16O2.2CH2/c10-8-3-1-2-7-4-5-9(8,11)6-7;;/h7-8,10-11H,1-6H2;2*1H2. The minimum absolute atomic E-state index is 0. The molecule has 2 nitrogen and oxygen atoms in total. The van der Waals surface area contributed by atoms with Crippen molar-refractivity contribution in [2.24, 2.45) is 5.92 Å². The minimum Gasteiger partial charge on any atom is -0.390 e. The molecule has 4 radical (unpaired) electrons. The van der Waals surface area contributed by atoms with Gasteiger partial charge in [-0.25, -0.2) is 0 Å². The monoisotopic (exact) mass is 184 g/mol. The van der Waals surface area contributed by atoms with E-state index in [4.69, 9.17) is 0 Å². The molecule has 2 aliphatic carbocycles. The van der Waals surface area contributed by atoms with Gasteiger partial charge in [0.05, 0.1) is 11.7 Å². The first-order chi connectivity index (χ1) is 5.21. The Bertz CT molecular complexity index is 156. The van der Waals surface area contributed by atoms with Crippen LogP contribution in [0.25, 0.3) is 0 Å². The largest absolute Gasteiger partial charge is 0.390 e. The molecule has 3 atom stereocenters. The number of rotatable bonds is 0. The average Bonchev–Trinajstić information content (AvgIpc) is 2.26. The van der Waals surface area contributed by atoms with E-state index in [-0.39, 0.29) is 14.9 Å². The van der Waals surface area contributed by atoms with Gasteiger partial charge in [0.1, 0.15) is 0 Å². The lowest BCUT2D eigenvalue weighted by Crippen LogP contribution is -2.38. The highest BCUT2D eigenvalue weighted by atomic mass is 16.3. The third-order valence-corrected chi connectivity index (χ3v) is 3.34. The molecule has 3 unspecified atom stereocenters. The molecule has 2 aliphatic rings. The molecule has 0 aromatic heterocycles. The summed E-state index contributed by atoms with van der Waals surface area (Å²) in [6, 6.07) is 0. The van der Waals surface area contributed by atoms with Gasteiger partial charge in [-0.2, -0.15) is 0 Å². The predicted molar refractivity (Wildman–Crippen MR) is 52.9 cm³/mol. The summed E-state index contributed by atoms with van der Waals surface area (Å²) in [5, 5.41) is 19.5. The van der Waals surface area contributed by atoms with Gasteiger partial charge in [0.25, 0.3) is 0 Å². The molecule has 0 aromatic carbocycles. The van der Waals surface area contributed by atoms with E-state index in [2.05, 4.69) is 0 Å². The van der Waals surface area contributed by atoms with Crippen LogP contribution in [0.2, 0.25) is 0 Å². The summed E-state index contributed by atoms with van der Waals surface area (Å²) in [6.07, 6.45) is 5.43. The average molecular weight is 184 g/mol. The molecule has 2 bridgehead atoms. The zero-order chi connectivity index (χ0) is 7.90. The van der Waals surface area contributed by atoms with Crippen molar-refractivity contribution in [1.82, 2.24) is 0 Å². The quantitative estimate of drug-likeness (QED) is 0.601. The van der Waals surface area contributed by atoms with Crippen LogP contribution in [-0.4, -0.2) is 21.9 Å². The van der Waals surface area contributed by atoms with Gasteiger partial charge in [-0.3, -0.25) is 0 Å². The maximum absolute atomic E-state index is 9.92. The number of aliphatic hydroxyl groups is 2. The first-order valence-electron chi connectivity index (χ1n) is 4.61. The third-order valence-electron chi connectivity index (χ3n) is 3.34. The van der Waals surface area contributed by atoms with Crippen molar-refractivity contribution in [3.8, 4) is 0 Å². The molecule has 2 heteroatoms. The molecule has 0 aliphatic heterocycles. The van der Waals surface area contributed by atoms with Crippen molar-refractivity contribution in [3.63, 3.8) is 0 Å². The lowest BCUT2D eigenvalue weighted by atomic mass is 9.93. The highest BCUT2D eigenvalue weighted by Crippen LogP contribution is 2.43. The molecule has 0 saturated heterocycles. The van der Waals surface area contributed by atoms with E-state index in [0.29, 0.717) is 5.92 Å². The van der Waals surface area contributed by atoms with Gasteiger partial charge in [-0.1, -0.05) is 27.7 Å². The van der Waals surface area contributed by atoms with Crippen molar-refractivity contribution in [1.29, 1.82) is 0 Å². The molecule has 2 N–H and O–H groups in total. The maximum Gasteiger partial charge on any atom is 0.0908 e. The summed E-state index contributed by atoms with van der Waals surface area (Å²) in [5.41, 5.74) is -0.707. The van der Waals surface area contributed by atoms with Crippen LogP contribution in [0.3, 0.4) is 0 Å². The maximum atomic E-state index is 9.92. The molecule has 0 spiro atoms. The van der Waals surface area contributed by atoms with Crippen LogP contribution in [0, 0.1) is 20.8 Å². The zero-order valence-electron chi connectivity index (χ0n) is 8.21. The summed E-state index contributed by atoms with van der Waals surface area (Å²) >= 11 is 0. The van der Waals surface area contributed by atoms with Crippen LogP contribution in [0.4, 0.5) is 0 Å². The second-order valence-corrected chi connectivity index (χ2v) is 4.16. The molecular weight excluding hydrogens is 164 g/mol. The Morgan fingerprint density at radius 2 is 1.77 bits per heavy atom. The van der Waals surface area contributed by atoms with Crippen molar-refractivity contribution >= 4 is 0 Å². The van der Waals surface area contributed by atoms with Crippen LogP contribution >= 0.6 is 0 Å². The number of fused-ring (bicyclic) bond motifs is 2. The second-order valence-electron chi connectivity index (χ2n) is 4.16. The molecule has 2 fully saturated rings. The lowest BCUT2D eigenvalue weighted by molar-refractivity contribution is -0.0710. The topological polar surface area (TPSA) is 40.5 Å². The van der Waals surface area contributed by atoms with E-state index >= 15 is 0 Å². The molecule has 2 rings (SSSR count). The summed E-state index contributed by atoms with van der Waals surface area (Å²) in [7, 11) is 0. The van der Waals surface area contributed by atoms with Gasteiger partial charge in [0, 0.05) is 0 Å². The van der Waals surface area contributed by atoms with Crippen LogP contribution < -0.4 is 0 Å². The Kier molecular flexibility index (Phi) is 4.40. The van der Waals surface area contributed by atoms with Crippen molar-refractivity contribution in [2.75, 3.05) is 0 Å². The van der Waals surface area contributed by atoms with Gasteiger partial charge in [0.15, 0.2) is 0 Å². The predicted octanol–water partition coefficient (Wildman–Crippen LogP) is 1.72. The minimum atomic E-state index is -0.707. The van der Waals surface area contributed by atoms with Crippen molar-refractivity contribution in [3.05, 3.63) is 14.9 Å². The van der Waals surface area contributed by atoms with Crippen molar-refractivity contribution in [2.45, 2.75) is 50.2 Å². The Labute approximate surface area is 82.0 Å². The highest BCUT2D eigenvalue weighted by molar-refractivity contribution is 4.96. The molecule has 76 valence electrons. The van der Waals surface area contributed by atoms with Crippen LogP contribution in [0.5, 0.6) is 0 Å². The van der Waals surface area contributed by atoms with Crippen LogP contribution in [0.15, 0.2) is 0 Å². The Morgan fingerprint density at radius 3 is 2.46 bits per heavy atom. The summed E-state index contributed by atoms with van der Waals surface area (Å²) in [6.45, 7) is 0. The van der Waals surface area contributed by atoms with E-state index in [1.807, 2.05) is 0 Å². The van der Waals surface area contributed by atoms with E-state index in [1.165, 1.54) is 6.42 Å². The molecular formula is C11H20O2. The van der Waals surface area contributed by atoms with Gasteiger partial charge in [0.2, 0.25) is 0 Å². The molecule has 13 heavy (non-hydrogen) atoms. The molecule has 0 aromatic rings. The number of aliphatic hydroxyl groups excluding tert-OH is 1. The molecule has 2 saturated carbocycles. The Balaban J connectivity index is 0.000000720. The fraction of sp³-hybridized carbons (Fsp3) is 0.818. The first kappa shape index (κ1) is 12.9. The SMILES string of the molecule is OC1CCCC2CCC1(O)C2.[CH2].[CH2]. The van der Waals surface area contributed by atoms with E-state index in [1.54, 1.807) is 0 Å². The van der Waals surface area contributed by atoms with Gasteiger partial charge < -0.3 is 10.2 Å². The van der Waals surface area contributed by atoms with Crippen LogP contribution in [-0.2, 0) is 0 Å². The number of hydrogen-bond donors (Lipinski definition) is 2. The highest BCUT2D eigenvalue weighted by Gasteiger charge is 2.44.